The number of benzene rings is 8. The summed E-state index contributed by atoms with van der Waals surface area (Å²) in [6.07, 6.45) is 6.41. The minimum absolute atomic E-state index is 0.150. The second-order valence-corrected chi connectivity index (χ2v) is 16.6. The predicted molar refractivity (Wildman–Crippen MR) is 249 cm³/mol. The molecule has 10 aromatic rings. The lowest BCUT2D eigenvalue weighted by Crippen LogP contribution is -2.27. The van der Waals surface area contributed by atoms with Gasteiger partial charge in [-0.05, 0) is 92.7 Å². The molecule has 0 aliphatic heterocycles. The van der Waals surface area contributed by atoms with E-state index in [1.807, 2.05) is 36.4 Å². The van der Waals surface area contributed by atoms with Crippen LogP contribution in [0.5, 0.6) is 0 Å². The van der Waals surface area contributed by atoms with Crippen molar-refractivity contribution < 1.29 is 4.42 Å². The molecule has 290 valence electrons. The van der Waals surface area contributed by atoms with Crippen LogP contribution in [-0.2, 0) is 5.41 Å². The van der Waals surface area contributed by atoms with Crippen molar-refractivity contribution in [1.29, 1.82) is 0 Å². The highest BCUT2D eigenvalue weighted by molar-refractivity contribution is 6.06. The van der Waals surface area contributed by atoms with Crippen LogP contribution in [0.3, 0.4) is 0 Å². The highest BCUT2D eigenvalue weighted by Gasteiger charge is 2.44. The van der Waals surface area contributed by atoms with Gasteiger partial charge in [0.05, 0.1) is 0 Å². The summed E-state index contributed by atoms with van der Waals surface area (Å²) in [5.41, 5.74) is 17.7. The number of hydrogen-bond donors (Lipinski definition) is 0. The summed E-state index contributed by atoms with van der Waals surface area (Å²) in [4.78, 5) is 15.3. The van der Waals surface area contributed by atoms with Crippen LogP contribution in [0, 0.1) is 0 Å². The summed E-state index contributed by atoms with van der Waals surface area (Å²) in [7, 11) is 0. The van der Waals surface area contributed by atoms with E-state index in [0.717, 1.165) is 49.8 Å². The lowest BCUT2D eigenvalue weighted by molar-refractivity contribution is 0.353. The van der Waals surface area contributed by atoms with E-state index in [2.05, 4.69) is 152 Å². The lowest BCUT2D eigenvalue weighted by Gasteiger charge is -2.36. The molecule has 0 atom stereocenters. The van der Waals surface area contributed by atoms with Crippen molar-refractivity contribution >= 4 is 21.9 Å². The summed E-state index contributed by atoms with van der Waals surface area (Å²) in [6.45, 7) is 0. The predicted octanol–water partition coefficient (Wildman–Crippen LogP) is 15.0. The van der Waals surface area contributed by atoms with E-state index in [0.29, 0.717) is 17.5 Å². The molecule has 0 unspecified atom stereocenters. The number of fused-ring (bicyclic) bond motifs is 8. The van der Waals surface area contributed by atoms with Crippen LogP contribution in [0.15, 0.2) is 192 Å². The maximum atomic E-state index is 6.15. The molecule has 2 aliphatic rings. The van der Waals surface area contributed by atoms with Crippen molar-refractivity contribution in [3.8, 4) is 78.7 Å². The van der Waals surface area contributed by atoms with Gasteiger partial charge < -0.3 is 4.42 Å². The standard InChI is InChI=1S/C57H41N3O/c1-3-12-37(13-4-1)38-22-28-42(29-23-38)54-58-55(60-56(59-54)44-32-33-52-48(36-44)46-14-6-8-19-51(46)61-52)43-30-24-40(25-31-43)39-20-26-41(27-21-39)45-16-11-18-50-53(45)47-15-5-7-17-49(47)57(50)34-9-2-10-35-57/h1,3-8,11-33,36H,2,9-10,34-35H2. The van der Waals surface area contributed by atoms with Gasteiger partial charge in [-0.1, -0.05) is 183 Å². The summed E-state index contributed by atoms with van der Waals surface area (Å²) < 4.78 is 6.15. The van der Waals surface area contributed by atoms with Gasteiger partial charge in [-0.15, -0.1) is 0 Å². The fourth-order valence-corrected chi connectivity index (χ4v) is 10.2. The molecule has 4 nitrogen and oxygen atoms in total. The van der Waals surface area contributed by atoms with E-state index in [9.17, 15) is 0 Å². The van der Waals surface area contributed by atoms with Crippen LogP contribution in [0.25, 0.3) is 101 Å². The van der Waals surface area contributed by atoms with Gasteiger partial charge in [0.15, 0.2) is 17.5 Å². The van der Waals surface area contributed by atoms with Gasteiger partial charge >= 0.3 is 0 Å². The number of rotatable bonds is 6. The van der Waals surface area contributed by atoms with Gasteiger partial charge in [0.25, 0.3) is 0 Å². The van der Waals surface area contributed by atoms with Gasteiger partial charge in [-0.3, -0.25) is 0 Å². The van der Waals surface area contributed by atoms with Crippen molar-refractivity contribution in [2.75, 3.05) is 0 Å². The van der Waals surface area contributed by atoms with Crippen LogP contribution in [0.1, 0.15) is 43.2 Å². The molecule has 1 saturated carbocycles. The number of furan rings is 1. The molecule has 1 fully saturated rings. The largest absolute Gasteiger partial charge is 0.456 e. The second-order valence-electron chi connectivity index (χ2n) is 16.6. The quantitative estimate of drug-likeness (QED) is 0.169. The van der Waals surface area contributed by atoms with E-state index in [1.165, 1.54) is 76.6 Å². The first-order valence-corrected chi connectivity index (χ1v) is 21.5. The zero-order valence-electron chi connectivity index (χ0n) is 33.7. The molecule has 12 rings (SSSR count). The lowest BCUT2D eigenvalue weighted by atomic mass is 9.68. The first kappa shape index (κ1) is 35.5. The Kier molecular flexibility index (Phi) is 8.38. The molecule has 2 heterocycles. The fourth-order valence-electron chi connectivity index (χ4n) is 10.2. The van der Waals surface area contributed by atoms with Crippen LogP contribution in [0.2, 0.25) is 0 Å². The Bertz CT molecular complexity index is 3250. The minimum Gasteiger partial charge on any atom is -0.456 e. The zero-order chi connectivity index (χ0) is 40.3. The summed E-state index contributed by atoms with van der Waals surface area (Å²) >= 11 is 0. The minimum atomic E-state index is 0.150. The molecule has 0 bridgehead atoms. The third-order valence-electron chi connectivity index (χ3n) is 13.2. The van der Waals surface area contributed by atoms with Crippen molar-refractivity contribution in [1.82, 2.24) is 15.0 Å². The van der Waals surface area contributed by atoms with Gasteiger partial charge in [0, 0.05) is 32.9 Å². The Hall–Kier alpha value is -7.43. The normalized spacial score (nSPS) is 14.0. The van der Waals surface area contributed by atoms with E-state index < -0.39 is 0 Å². The molecule has 0 N–H and O–H groups in total. The maximum absolute atomic E-state index is 6.15. The Labute approximate surface area is 355 Å². The molecule has 2 aliphatic carbocycles. The smallest absolute Gasteiger partial charge is 0.164 e. The average Bonchev–Trinajstić information content (AvgIpc) is 3.85. The summed E-state index contributed by atoms with van der Waals surface area (Å²) in [5.74, 6) is 1.87. The fraction of sp³-hybridized carbons (Fsp3) is 0.105. The number of aromatic nitrogens is 3. The topological polar surface area (TPSA) is 51.8 Å². The van der Waals surface area contributed by atoms with Crippen molar-refractivity contribution in [3.05, 3.63) is 199 Å². The monoisotopic (exact) mass is 783 g/mol. The van der Waals surface area contributed by atoms with Gasteiger partial charge in [0.2, 0.25) is 0 Å². The van der Waals surface area contributed by atoms with Gasteiger partial charge in [0.1, 0.15) is 11.2 Å². The molecular weight excluding hydrogens is 743 g/mol. The maximum Gasteiger partial charge on any atom is 0.164 e. The molecule has 4 heteroatoms. The highest BCUT2D eigenvalue weighted by Crippen LogP contribution is 2.57. The summed E-state index contributed by atoms with van der Waals surface area (Å²) in [5, 5.41) is 2.11. The molecule has 0 amide bonds. The molecule has 0 saturated heterocycles. The first-order chi connectivity index (χ1) is 30.2. The van der Waals surface area contributed by atoms with E-state index >= 15 is 0 Å². The van der Waals surface area contributed by atoms with Crippen molar-refractivity contribution in [2.24, 2.45) is 0 Å². The Morgan fingerprint density at radius 3 is 1.52 bits per heavy atom. The van der Waals surface area contributed by atoms with Gasteiger partial charge in [-0.25, -0.2) is 15.0 Å². The van der Waals surface area contributed by atoms with Crippen LogP contribution >= 0.6 is 0 Å². The molecule has 61 heavy (non-hydrogen) atoms. The first-order valence-electron chi connectivity index (χ1n) is 21.5. The average molecular weight is 784 g/mol. The highest BCUT2D eigenvalue weighted by atomic mass is 16.3. The Morgan fingerprint density at radius 1 is 0.344 bits per heavy atom. The van der Waals surface area contributed by atoms with E-state index in [4.69, 9.17) is 19.4 Å². The second kappa shape index (κ2) is 14.4. The third kappa shape index (κ3) is 6.01. The number of para-hydroxylation sites is 1. The SMILES string of the molecule is c1ccc(-c2ccc(-c3nc(-c4ccc(-c5ccc(-c6cccc7c6-c6ccccc6C76CCCCC6)cc5)cc4)nc(-c4ccc5oc6ccccc6c5c4)n3)cc2)cc1. The molecule has 8 aromatic carbocycles. The Morgan fingerprint density at radius 2 is 0.836 bits per heavy atom. The Balaban J connectivity index is 0.894. The van der Waals surface area contributed by atoms with Crippen LogP contribution in [-0.4, -0.2) is 15.0 Å². The van der Waals surface area contributed by atoms with Crippen LogP contribution in [0.4, 0.5) is 0 Å². The number of hydrogen-bond acceptors (Lipinski definition) is 4. The van der Waals surface area contributed by atoms with Crippen molar-refractivity contribution in [2.45, 2.75) is 37.5 Å². The van der Waals surface area contributed by atoms with E-state index in [1.54, 1.807) is 0 Å². The molecular formula is C57H41N3O. The molecule has 2 aromatic heterocycles. The van der Waals surface area contributed by atoms with E-state index in [-0.39, 0.29) is 5.41 Å². The van der Waals surface area contributed by atoms with Crippen molar-refractivity contribution in [3.63, 3.8) is 0 Å². The third-order valence-corrected chi connectivity index (χ3v) is 13.2. The zero-order valence-corrected chi connectivity index (χ0v) is 33.7. The number of nitrogens with zero attached hydrogens (tertiary/aromatic N) is 3. The van der Waals surface area contributed by atoms with Crippen LogP contribution < -0.4 is 0 Å². The summed E-state index contributed by atoms with van der Waals surface area (Å²) in [6, 6.07) is 67.1. The molecule has 1 spiro atoms. The van der Waals surface area contributed by atoms with Gasteiger partial charge in [-0.2, -0.15) is 0 Å². The molecule has 0 radical (unpaired) electrons.